The van der Waals surface area contributed by atoms with Gasteiger partial charge in [-0.05, 0) is 50.6 Å². The van der Waals surface area contributed by atoms with Gasteiger partial charge in [0.2, 0.25) is 21.8 Å². The SMILES string of the molecule is C[C@]12O[C@](C)(CC1NS(=O)(=O)c1ccccc1)C1C(=O)N(c3ccc(C#N)c(Cl)c3)C(=O)C12. The van der Waals surface area contributed by atoms with E-state index in [1.807, 2.05) is 6.07 Å². The van der Waals surface area contributed by atoms with Gasteiger partial charge in [0.1, 0.15) is 6.07 Å². The van der Waals surface area contributed by atoms with Gasteiger partial charge in [0.05, 0.1) is 50.2 Å². The van der Waals surface area contributed by atoms with Gasteiger partial charge < -0.3 is 4.74 Å². The summed E-state index contributed by atoms with van der Waals surface area (Å²) in [7, 11) is -3.86. The smallest absolute Gasteiger partial charge is 0.240 e. The molecule has 10 heteroatoms. The van der Waals surface area contributed by atoms with Crippen LogP contribution in [0.5, 0.6) is 0 Å². The molecule has 2 bridgehead atoms. The first-order chi connectivity index (χ1) is 15.5. The zero-order valence-corrected chi connectivity index (χ0v) is 19.4. The number of nitrogens with zero attached hydrogens (tertiary/aromatic N) is 2. The molecule has 3 fully saturated rings. The maximum Gasteiger partial charge on any atom is 0.240 e. The van der Waals surface area contributed by atoms with Crippen molar-refractivity contribution in [2.75, 3.05) is 4.90 Å². The number of hydrogen-bond acceptors (Lipinski definition) is 6. The second kappa shape index (κ2) is 7.11. The van der Waals surface area contributed by atoms with E-state index in [0.29, 0.717) is 0 Å². The molecule has 0 saturated carbocycles. The van der Waals surface area contributed by atoms with Crippen molar-refractivity contribution < 1.29 is 22.7 Å². The number of hydrogen-bond donors (Lipinski definition) is 1. The molecule has 170 valence electrons. The first-order valence-electron chi connectivity index (χ1n) is 10.4. The largest absolute Gasteiger partial charge is 0.366 e. The molecule has 0 aromatic heterocycles. The quantitative estimate of drug-likeness (QED) is 0.665. The Morgan fingerprint density at radius 2 is 1.79 bits per heavy atom. The highest BCUT2D eigenvalue weighted by Crippen LogP contribution is 2.61. The van der Waals surface area contributed by atoms with Crippen molar-refractivity contribution in [2.24, 2.45) is 11.8 Å². The Labute approximate surface area is 196 Å². The molecule has 3 aliphatic rings. The molecule has 3 aliphatic heterocycles. The minimum absolute atomic E-state index is 0.112. The van der Waals surface area contributed by atoms with E-state index in [2.05, 4.69) is 4.72 Å². The van der Waals surface area contributed by atoms with Crippen LogP contribution in [-0.2, 0) is 24.3 Å². The number of carbonyl (C=O) groups excluding carboxylic acids is 2. The zero-order valence-electron chi connectivity index (χ0n) is 17.8. The van der Waals surface area contributed by atoms with Crippen LogP contribution in [0.1, 0.15) is 25.8 Å². The lowest BCUT2D eigenvalue weighted by molar-refractivity contribution is -0.129. The average molecular weight is 486 g/mol. The molecule has 8 nitrogen and oxygen atoms in total. The van der Waals surface area contributed by atoms with E-state index >= 15 is 0 Å². The van der Waals surface area contributed by atoms with Crippen LogP contribution >= 0.6 is 11.6 Å². The summed E-state index contributed by atoms with van der Waals surface area (Å²) in [4.78, 5) is 28.1. The van der Waals surface area contributed by atoms with E-state index in [0.717, 1.165) is 4.90 Å². The van der Waals surface area contributed by atoms with Crippen LogP contribution in [0.3, 0.4) is 0 Å². The maximum absolute atomic E-state index is 13.5. The third-order valence-corrected chi connectivity index (χ3v) is 8.82. The van der Waals surface area contributed by atoms with Crippen molar-refractivity contribution in [3.63, 3.8) is 0 Å². The van der Waals surface area contributed by atoms with Crippen molar-refractivity contribution >= 4 is 39.1 Å². The summed E-state index contributed by atoms with van der Waals surface area (Å²) in [5.41, 5.74) is -1.71. The van der Waals surface area contributed by atoms with Crippen molar-refractivity contribution in [3.8, 4) is 6.07 Å². The molecule has 33 heavy (non-hydrogen) atoms. The van der Waals surface area contributed by atoms with Gasteiger partial charge in [-0.25, -0.2) is 18.0 Å². The summed E-state index contributed by atoms with van der Waals surface area (Å²) >= 11 is 6.13. The fraction of sp³-hybridized carbons (Fsp3) is 0.348. The summed E-state index contributed by atoms with van der Waals surface area (Å²) in [6, 6.07) is 13.6. The summed E-state index contributed by atoms with van der Waals surface area (Å²) in [6.07, 6.45) is 0.248. The fourth-order valence-electron chi connectivity index (χ4n) is 5.56. The fourth-order valence-corrected chi connectivity index (χ4v) is 7.12. The number of fused-ring (bicyclic) bond motifs is 5. The van der Waals surface area contributed by atoms with Gasteiger partial charge in [0.25, 0.3) is 0 Å². The number of sulfonamides is 1. The Balaban J connectivity index is 1.50. The molecule has 1 N–H and O–H groups in total. The molecule has 3 saturated heterocycles. The standard InChI is InChI=1S/C23H20ClN3O5S/c1-22-11-17(26-33(30,31)15-6-4-3-5-7-15)23(2,32-22)19-18(22)20(28)27(21(19)29)14-9-8-13(12-25)16(24)10-14/h3-10,17-19,26H,11H2,1-2H3/t17?,18?,19?,22-,23+/m1/s1. The zero-order chi connectivity index (χ0) is 23.8. The van der Waals surface area contributed by atoms with Crippen LogP contribution in [0, 0.1) is 23.2 Å². The highest BCUT2D eigenvalue weighted by atomic mass is 35.5. The normalized spacial score (nSPS) is 32.8. The Morgan fingerprint density at radius 3 is 2.42 bits per heavy atom. The number of ether oxygens (including phenoxy) is 1. The van der Waals surface area contributed by atoms with Crippen molar-refractivity contribution in [1.29, 1.82) is 5.26 Å². The first kappa shape index (κ1) is 22.0. The summed E-state index contributed by atoms with van der Waals surface area (Å²) < 4.78 is 34.9. The molecule has 2 amide bonds. The van der Waals surface area contributed by atoms with Gasteiger partial charge in [0, 0.05) is 0 Å². The van der Waals surface area contributed by atoms with Gasteiger partial charge in [-0.3, -0.25) is 9.59 Å². The third kappa shape index (κ3) is 3.05. The predicted molar refractivity (Wildman–Crippen MR) is 119 cm³/mol. The Kier molecular flexibility index (Phi) is 4.75. The van der Waals surface area contributed by atoms with Crippen LogP contribution < -0.4 is 9.62 Å². The van der Waals surface area contributed by atoms with E-state index in [1.54, 1.807) is 32.0 Å². The maximum atomic E-state index is 13.5. The molecule has 0 radical (unpaired) electrons. The van der Waals surface area contributed by atoms with Gasteiger partial charge in [-0.2, -0.15) is 5.26 Å². The highest BCUT2D eigenvalue weighted by Gasteiger charge is 2.76. The molecular weight excluding hydrogens is 466 g/mol. The molecule has 0 spiro atoms. The minimum Gasteiger partial charge on any atom is -0.366 e. The van der Waals surface area contributed by atoms with Gasteiger partial charge >= 0.3 is 0 Å². The number of carbonyl (C=O) groups is 2. The molecule has 2 aromatic carbocycles. The molecule has 3 heterocycles. The lowest BCUT2D eigenvalue weighted by atomic mass is 9.67. The Bertz CT molecular complexity index is 1340. The second-order valence-electron chi connectivity index (χ2n) is 9.03. The second-order valence-corrected chi connectivity index (χ2v) is 11.2. The Hall–Kier alpha value is -2.77. The Morgan fingerprint density at radius 1 is 1.12 bits per heavy atom. The predicted octanol–water partition coefficient (Wildman–Crippen LogP) is 2.62. The summed E-state index contributed by atoms with van der Waals surface area (Å²) in [5.74, 6) is -2.49. The average Bonchev–Trinajstić information content (AvgIpc) is 3.29. The van der Waals surface area contributed by atoms with E-state index in [4.69, 9.17) is 21.6 Å². The van der Waals surface area contributed by atoms with Crippen LogP contribution in [0.25, 0.3) is 0 Å². The van der Waals surface area contributed by atoms with E-state index < -0.39 is 50.9 Å². The van der Waals surface area contributed by atoms with Crippen molar-refractivity contribution in [1.82, 2.24) is 4.72 Å². The van der Waals surface area contributed by atoms with Crippen LogP contribution in [0.2, 0.25) is 5.02 Å². The number of benzene rings is 2. The van der Waals surface area contributed by atoms with Crippen LogP contribution in [-0.4, -0.2) is 37.5 Å². The van der Waals surface area contributed by atoms with Crippen LogP contribution in [0.4, 0.5) is 5.69 Å². The van der Waals surface area contributed by atoms with Crippen molar-refractivity contribution in [2.45, 2.75) is 42.4 Å². The van der Waals surface area contributed by atoms with E-state index in [1.165, 1.54) is 30.3 Å². The third-order valence-electron chi connectivity index (χ3n) is 7.02. The monoisotopic (exact) mass is 485 g/mol. The first-order valence-corrected chi connectivity index (χ1v) is 12.2. The number of nitrogens with one attached hydrogen (secondary N) is 1. The number of imide groups is 1. The number of rotatable bonds is 4. The number of halogens is 1. The molecule has 5 rings (SSSR count). The van der Waals surface area contributed by atoms with Gasteiger partial charge in [-0.15, -0.1) is 0 Å². The molecule has 5 atom stereocenters. The highest BCUT2D eigenvalue weighted by molar-refractivity contribution is 7.89. The van der Waals surface area contributed by atoms with Crippen LogP contribution in [0.15, 0.2) is 53.4 Å². The minimum atomic E-state index is -3.86. The van der Waals surface area contributed by atoms with E-state index in [-0.39, 0.29) is 27.6 Å². The van der Waals surface area contributed by atoms with Gasteiger partial charge in [-0.1, -0.05) is 29.8 Å². The molecule has 2 aromatic rings. The number of anilines is 1. The summed E-state index contributed by atoms with van der Waals surface area (Å²) in [6.45, 7) is 3.43. The topological polar surface area (TPSA) is 117 Å². The van der Waals surface area contributed by atoms with E-state index in [9.17, 15) is 18.0 Å². The number of amides is 2. The molecule has 3 unspecified atom stereocenters. The molecular formula is C23H20ClN3O5S. The molecule has 0 aliphatic carbocycles. The number of nitriles is 1. The van der Waals surface area contributed by atoms with Crippen molar-refractivity contribution in [3.05, 3.63) is 59.1 Å². The lowest BCUT2D eigenvalue weighted by Crippen LogP contribution is -2.56. The lowest BCUT2D eigenvalue weighted by Gasteiger charge is -2.35. The van der Waals surface area contributed by atoms with Gasteiger partial charge in [0.15, 0.2) is 0 Å². The summed E-state index contributed by atoms with van der Waals surface area (Å²) in [5, 5.41) is 9.24.